The first-order valence-corrected chi connectivity index (χ1v) is 9.52. The van der Waals surface area contributed by atoms with E-state index in [0.717, 1.165) is 42.7 Å². The van der Waals surface area contributed by atoms with Crippen molar-refractivity contribution < 1.29 is 18.0 Å². The third-order valence-electron chi connectivity index (χ3n) is 4.99. The molecule has 0 saturated carbocycles. The fourth-order valence-electron chi connectivity index (χ4n) is 3.46. The summed E-state index contributed by atoms with van der Waals surface area (Å²) >= 11 is 0. The van der Waals surface area contributed by atoms with Crippen molar-refractivity contribution in [3.05, 3.63) is 63.6 Å². The van der Waals surface area contributed by atoms with Crippen LogP contribution in [0.25, 0.3) is 5.69 Å². The summed E-state index contributed by atoms with van der Waals surface area (Å²) in [6.45, 7) is 0.983. The lowest BCUT2D eigenvalue weighted by Crippen LogP contribution is -2.25. The van der Waals surface area contributed by atoms with Crippen LogP contribution in [0.4, 0.5) is 13.2 Å². The van der Waals surface area contributed by atoms with E-state index < -0.39 is 23.3 Å². The van der Waals surface area contributed by atoms with E-state index >= 15 is 0 Å². The Morgan fingerprint density at radius 3 is 2.77 bits per heavy atom. The molecule has 1 aliphatic rings. The summed E-state index contributed by atoms with van der Waals surface area (Å²) in [7, 11) is 0. The molecule has 2 N–H and O–H groups in total. The highest BCUT2D eigenvalue weighted by Gasteiger charge is 2.33. The number of rotatable bonds is 4. The van der Waals surface area contributed by atoms with Gasteiger partial charge in [-0.15, -0.1) is 10.2 Å². The van der Waals surface area contributed by atoms with Crippen LogP contribution in [0.15, 0.2) is 35.1 Å². The molecule has 0 radical (unpaired) electrons. The monoisotopic (exact) mass is 420 g/mol. The van der Waals surface area contributed by atoms with Crippen molar-refractivity contribution in [1.82, 2.24) is 29.9 Å². The number of alkyl halides is 3. The summed E-state index contributed by atoms with van der Waals surface area (Å²) in [6, 6.07) is 6.27. The Kier molecular flexibility index (Phi) is 5.18. The summed E-state index contributed by atoms with van der Waals surface area (Å²) in [4.78, 5) is 24.5. The number of benzene rings is 1. The van der Waals surface area contributed by atoms with Crippen molar-refractivity contribution in [3.8, 4) is 5.69 Å². The van der Waals surface area contributed by atoms with E-state index in [2.05, 4.69) is 15.5 Å². The van der Waals surface area contributed by atoms with Gasteiger partial charge < -0.3 is 9.88 Å². The average molecular weight is 420 g/mol. The summed E-state index contributed by atoms with van der Waals surface area (Å²) in [6.07, 6.45) is -0.607. The Morgan fingerprint density at radius 2 is 2.00 bits per heavy atom. The van der Waals surface area contributed by atoms with E-state index in [-0.39, 0.29) is 17.8 Å². The number of hydrogen-bond acceptors (Lipinski definition) is 4. The van der Waals surface area contributed by atoms with Crippen LogP contribution < -0.4 is 10.9 Å². The van der Waals surface area contributed by atoms with Crippen LogP contribution >= 0.6 is 0 Å². The first-order valence-electron chi connectivity index (χ1n) is 9.52. The summed E-state index contributed by atoms with van der Waals surface area (Å²) in [5.41, 5.74) is -1.70. The Morgan fingerprint density at radius 1 is 1.17 bits per heavy atom. The summed E-state index contributed by atoms with van der Waals surface area (Å²) in [5.74, 6) is 1.13. The second-order valence-corrected chi connectivity index (χ2v) is 7.07. The van der Waals surface area contributed by atoms with E-state index in [0.29, 0.717) is 11.9 Å². The van der Waals surface area contributed by atoms with Gasteiger partial charge in [0.1, 0.15) is 11.5 Å². The Bertz CT molecular complexity index is 1130. The normalized spacial score (nSPS) is 14.2. The zero-order chi connectivity index (χ0) is 21.3. The van der Waals surface area contributed by atoms with Gasteiger partial charge in [0, 0.05) is 24.6 Å². The topological polar surface area (TPSA) is 97.6 Å². The van der Waals surface area contributed by atoms with Crippen molar-refractivity contribution in [2.75, 3.05) is 0 Å². The molecule has 0 bridgehead atoms. The molecule has 1 aliphatic heterocycles. The Labute approximate surface area is 168 Å². The van der Waals surface area contributed by atoms with E-state index in [9.17, 15) is 22.8 Å². The third-order valence-corrected chi connectivity index (χ3v) is 4.99. The number of aromatic nitrogens is 5. The zero-order valence-electron chi connectivity index (χ0n) is 15.9. The summed E-state index contributed by atoms with van der Waals surface area (Å²) < 4.78 is 41.2. The minimum absolute atomic E-state index is 0.125. The number of hydrogen-bond donors (Lipinski definition) is 2. The lowest BCUT2D eigenvalue weighted by molar-refractivity contribution is -0.141. The van der Waals surface area contributed by atoms with Gasteiger partial charge >= 0.3 is 6.18 Å². The van der Waals surface area contributed by atoms with E-state index in [4.69, 9.17) is 0 Å². The van der Waals surface area contributed by atoms with E-state index in [1.807, 2.05) is 9.67 Å². The average Bonchev–Trinajstić information content (AvgIpc) is 3.21. The molecule has 3 aromatic rings. The second kappa shape index (κ2) is 7.81. The maximum atomic E-state index is 12.8. The van der Waals surface area contributed by atoms with Crippen LogP contribution in [0.5, 0.6) is 0 Å². The molecule has 0 spiro atoms. The second-order valence-electron chi connectivity index (χ2n) is 7.07. The summed E-state index contributed by atoms with van der Waals surface area (Å²) in [5, 5.41) is 13.1. The smallest absolute Gasteiger partial charge is 0.345 e. The van der Waals surface area contributed by atoms with Gasteiger partial charge in [0.15, 0.2) is 5.82 Å². The van der Waals surface area contributed by atoms with Gasteiger partial charge in [-0.05, 0) is 31.0 Å². The molecule has 30 heavy (non-hydrogen) atoms. The Balaban J connectivity index is 1.51. The number of nitrogens with one attached hydrogen (secondary N) is 2. The molecule has 0 fully saturated rings. The van der Waals surface area contributed by atoms with Crippen molar-refractivity contribution in [2.45, 2.75) is 44.9 Å². The number of amides is 1. The van der Waals surface area contributed by atoms with Crippen LogP contribution in [0.3, 0.4) is 0 Å². The van der Waals surface area contributed by atoms with Crippen LogP contribution in [-0.2, 0) is 25.7 Å². The van der Waals surface area contributed by atoms with Crippen LogP contribution in [0, 0.1) is 0 Å². The largest absolute Gasteiger partial charge is 0.432 e. The fraction of sp³-hybridized carbons (Fsp3) is 0.368. The molecule has 0 unspecified atom stereocenters. The molecule has 1 amide bonds. The minimum atomic E-state index is -4.67. The standard InChI is InChI=1S/C19H19F3N6O2/c20-19(21,22)14-10-17(29)28(26-14)13-6-4-5-12(9-13)18(30)23-11-16-25-24-15-7-2-1-3-8-27(15)16/h4-6,9-10,26H,1-3,7-8,11H2,(H,23,30). The van der Waals surface area contributed by atoms with Crippen LogP contribution in [0.1, 0.15) is 47.0 Å². The predicted molar refractivity (Wildman–Crippen MR) is 100 cm³/mol. The van der Waals surface area contributed by atoms with Gasteiger partial charge in [-0.25, -0.2) is 4.68 Å². The quantitative estimate of drug-likeness (QED) is 0.678. The van der Waals surface area contributed by atoms with Crippen LogP contribution in [-0.4, -0.2) is 30.5 Å². The van der Waals surface area contributed by atoms with Crippen LogP contribution in [0.2, 0.25) is 0 Å². The molecule has 3 heterocycles. The maximum Gasteiger partial charge on any atom is 0.432 e. The SMILES string of the molecule is O=C(NCc1nnc2n1CCCCC2)c1cccc(-n2[nH]c(C(F)(F)F)cc2=O)c1. The van der Waals surface area contributed by atoms with E-state index in [1.165, 1.54) is 24.3 Å². The molecule has 1 aromatic carbocycles. The van der Waals surface area contributed by atoms with E-state index in [1.54, 1.807) is 0 Å². The van der Waals surface area contributed by atoms with Gasteiger partial charge in [-0.1, -0.05) is 12.5 Å². The van der Waals surface area contributed by atoms with Gasteiger partial charge in [0.2, 0.25) is 0 Å². The molecule has 158 valence electrons. The molecule has 4 rings (SSSR count). The lowest BCUT2D eigenvalue weighted by Gasteiger charge is -2.09. The number of fused-ring (bicyclic) bond motifs is 1. The fourth-order valence-corrected chi connectivity index (χ4v) is 3.46. The number of halogens is 3. The molecule has 0 aliphatic carbocycles. The van der Waals surface area contributed by atoms with Crippen molar-refractivity contribution in [3.63, 3.8) is 0 Å². The maximum absolute atomic E-state index is 12.8. The number of aromatic amines is 1. The number of aryl methyl sites for hydroxylation is 1. The predicted octanol–water partition coefficient (Wildman–Crippen LogP) is 2.43. The highest BCUT2D eigenvalue weighted by atomic mass is 19.4. The zero-order valence-corrected chi connectivity index (χ0v) is 15.9. The van der Waals surface area contributed by atoms with Gasteiger partial charge in [0.05, 0.1) is 12.2 Å². The lowest BCUT2D eigenvalue weighted by atomic mass is 10.2. The number of H-pyrrole nitrogens is 1. The number of carbonyl (C=O) groups excluding carboxylic acids is 1. The first kappa shape index (κ1) is 19.9. The highest BCUT2D eigenvalue weighted by molar-refractivity contribution is 5.94. The molecular formula is C19H19F3N6O2. The Hall–Kier alpha value is -3.37. The van der Waals surface area contributed by atoms with Crippen molar-refractivity contribution in [1.29, 1.82) is 0 Å². The number of nitrogens with zero attached hydrogens (tertiary/aromatic N) is 4. The molecule has 0 saturated heterocycles. The molecule has 2 aromatic heterocycles. The van der Waals surface area contributed by atoms with Gasteiger partial charge in [-0.2, -0.15) is 13.2 Å². The number of carbonyl (C=O) groups is 1. The molecule has 8 nitrogen and oxygen atoms in total. The molecule has 0 atom stereocenters. The van der Waals surface area contributed by atoms with Crippen molar-refractivity contribution >= 4 is 5.91 Å². The minimum Gasteiger partial charge on any atom is -0.345 e. The molecular weight excluding hydrogens is 401 g/mol. The third kappa shape index (κ3) is 4.00. The van der Waals surface area contributed by atoms with Crippen molar-refractivity contribution in [2.24, 2.45) is 0 Å². The van der Waals surface area contributed by atoms with Gasteiger partial charge in [0.25, 0.3) is 11.5 Å². The van der Waals surface area contributed by atoms with Gasteiger partial charge in [-0.3, -0.25) is 14.7 Å². The highest BCUT2D eigenvalue weighted by Crippen LogP contribution is 2.26. The molecule has 11 heteroatoms. The first-order chi connectivity index (χ1) is 14.3.